The maximum atomic E-state index is 8.99. The van der Waals surface area contributed by atoms with Crippen LogP contribution < -0.4 is 0 Å². The Labute approximate surface area is 359 Å². The highest BCUT2D eigenvalue weighted by Crippen LogP contribution is 2.48. The lowest BCUT2D eigenvalue weighted by Gasteiger charge is -2.32. The minimum atomic E-state index is -2.49. The minimum Gasteiger partial charge on any atom is -0.455 e. The Bertz CT molecular complexity index is 3460. The van der Waals surface area contributed by atoms with Crippen molar-refractivity contribution in [3.05, 3.63) is 233 Å². The van der Waals surface area contributed by atoms with Gasteiger partial charge in [0.15, 0.2) is 0 Å². The summed E-state index contributed by atoms with van der Waals surface area (Å²) in [5.41, 5.74) is 6.70. The number of rotatable bonds is 7. The van der Waals surface area contributed by atoms with Crippen LogP contribution in [0.1, 0.15) is 62.9 Å². The van der Waals surface area contributed by atoms with Gasteiger partial charge in [-0.1, -0.05) is 121 Å². The van der Waals surface area contributed by atoms with Gasteiger partial charge >= 0.3 is 0 Å². The molecule has 4 heteroatoms. The maximum absolute atomic E-state index is 8.99. The molecule has 0 aliphatic rings. The molecule has 0 saturated heterocycles. The number of aromatic nitrogens is 3. The summed E-state index contributed by atoms with van der Waals surface area (Å²) >= 11 is 0. The molecule has 61 heavy (non-hydrogen) atoms. The largest absolute Gasteiger partial charge is 0.455 e. The highest BCUT2D eigenvalue weighted by atomic mass is 16.3. The lowest BCUT2D eigenvalue weighted by atomic mass is 9.72. The zero-order chi connectivity index (χ0) is 43.8. The highest BCUT2D eigenvalue weighted by molar-refractivity contribution is 6.35. The fourth-order valence-corrected chi connectivity index (χ4v) is 9.74. The average molecular weight is 789 g/mol. The molecule has 7 aromatic carbocycles. The highest BCUT2D eigenvalue weighted by Gasteiger charge is 2.38. The van der Waals surface area contributed by atoms with E-state index in [4.69, 9.17) is 23.5 Å². The third-order valence-corrected chi connectivity index (χ3v) is 13.0. The first-order valence-electron chi connectivity index (χ1n) is 22.3. The number of benzene rings is 7. The number of hydrogen-bond acceptors (Lipinski definition) is 4. The fourth-order valence-electron chi connectivity index (χ4n) is 9.74. The van der Waals surface area contributed by atoms with E-state index in [1.807, 2.05) is 92.8 Å². The van der Waals surface area contributed by atoms with Crippen molar-refractivity contribution in [2.45, 2.75) is 38.5 Å². The van der Waals surface area contributed by atoms with E-state index >= 15 is 0 Å². The zero-order valence-electron chi connectivity index (χ0n) is 37.1. The van der Waals surface area contributed by atoms with Crippen LogP contribution in [0.4, 0.5) is 0 Å². The number of hydrogen-bond donors (Lipinski definition) is 0. The molecule has 0 saturated carbocycles. The maximum Gasteiger partial charge on any atom is 0.144 e. The quantitative estimate of drug-likeness (QED) is 0.151. The molecule has 0 bridgehead atoms. The van der Waals surface area contributed by atoms with Crippen molar-refractivity contribution in [2.24, 2.45) is 0 Å². The number of furan rings is 1. The smallest absolute Gasteiger partial charge is 0.144 e. The molecule has 0 N–H and O–H groups in total. The molecule has 292 valence electrons. The molecular formula is C57H43N3O. The molecule has 2 unspecified atom stereocenters. The van der Waals surface area contributed by atoms with E-state index in [1.54, 1.807) is 6.20 Å². The standard InChI is InChI=1S/C57H43N3O/c1-36-33-48(60-55(37(36)2)57(4,39-21-9-6-10-22-39)51-28-16-18-32-59-51)46-34-40(56(3,38-19-7-5-8-20-38)50-27-15-17-31-58-50)35-47-53-49(61-54(46)47)30-29-45-43-25-12-11-23-41(43)42-24-13-14-26-44(42)52(45)53/h5-35H,1-4H3/i2D3. The third kappa shape index (κ3) is 5.55. The number of fused-ring (bicyclic) bond motifs is 10. The second kappa shape index (κ2) is 14.1. The first-order chi connectivity index (χ1) is 31.1. The summed E-state index contributed by atoms with van der Waals surface area (Å²) < 4.78 is 34.1. The Morgan fingerprint density at radius 3 is 1.64 bits per heavy atom. The van der Waals surface area contributed by atoms with Gasteiger partial charge < -0.3 is 4.42 Å². The molecule has 0 aliphatic carbocycles. The zero-order valence-corrected chi connectivity index (χ0v) is 34.1. The Morgan fingerprint density at radius 2 is 1.03 bits per heavy atom. The van der Waals surface area contributed by atoms with Crippen molar-refractivity contribution < 1.29 is 8.53 Å². The van der Waals surface area contributed by atoms with Crippen LogP contribution in [0.2, 0.25) is 0 Å². The molecule has 0 fully saturated rings. The van der Waals surface area contributed by atoms with Crippen molar-refractivity contribution in [3.63, 3.8) is 0 Å². The Morgan fingerprint density at radius 1 is 0.492 bits per heavy atom. The van der Waals surface area contributed by atoms with Gasteiger partial charge in [-0.2, -0.15) is 0 Å². The Balaban J connectivity index is 1.32. The summed E-state index contributed by atoms with van der Waals surface area (Å²) in [6.45, 7) is 3.66. The molecule has 11 rings (SSSR count). The second-order valence-corrected chi connectivity index (χ2v) is 16.4. The molecule has 0 aliphatic heterocycles. The van der Waals surface area contributed by atoms with Crippen LogP contribution >= 0.6 is 0 Å². The van der Waals surface area contributed by atoms with Gasteiger partial charge in [0.1, 0.15) is 11.2 Å². The van der Waals surface area contributed by atoms with E-state index in [0.717, 1.165) is 60.5 Å². The number of aryl methyl sites for hydroxylation is 1. The minimum absolute atomic E-state index is 0.206. The number of pyridine rings is 3. The van der Waals surface area contributed by atoms with Crippen LogP contribution in [0.15, 0.2) is 193 Å². The normalized spacial score (nSPS) is 14.8. The summed E-state index contributed by atoms with van der Waals surface area (Å²) in [6.07, 6.45) is 3.60. The predicted molar refractivity (Wildman–Crippen MR) is 251 cm³/mol. The monoisotopic (exact) mass is 788 g/mol. The lowest BCUT2D eigenvalue weighted by Crippen LogP contribution is -2.29. The van der Waals surface area contributed by atoms with Crippen LogP contribution in [0.3, 0.4) is 0 Å². The summed E-state index contributed by atoms with van der Waals surface area (Å²) in [5.74, 6) is 0. The van der Waals surface area contributed by atoms with Gasteiger partial charge in [0, 0.05) is 38.2 Å². The molecule has 4 nitrogen and oxygen atoms in total. The van der Waals surface area contributed by atoms with Gasteiger partial charge in [0.25, 0.3) is 0 Å². The first-order valence-corrected chi connectivity index (χ1v) is 20.8. The van der Waals surface area contributed by atoms with Crippen LogP contribution in [-0.2, 0) is 10.8 Å². The Hall–Kier alpha value is -7.43. The molecule has 4 aromatic heterocycles. The van der Waals surface area contributed by atoms with Gasteiger partial charge in [0.05, 0.1) is 33.6 Å². The van der Waals surface area contributed by atoms with Gasteiger partial charge in [-0.05, 0) is 137 Å². The van der Waals surface area contributed by atoms with Crippen molar-refractivity contribution in [3.8, 4) is 11.3 Å². The summed E-state index contributed by atoms with van der Waals surface area (Å²) in [4.78, 5) is 15.5. The molecule has 11 aromatic rings. The molecule has 0 radical (unpaired) electrons. The first kappa shape index (κ1) is 33.4. The predicted octanol–water partition coefficient (Wildman–Crippen LogP) is 14.2. The van der Waals surface area contributed by atoms with Crippen molar-refractivity contribution in [1.82, 2.24) is 15.0 Å². The van der Waals surface area contributed by atoms with Crippen molar-refractivity contribution >= 4 is 54.3 Å². The van der Waals surface area contributed by atoms with Crippen LogP contribution in [0.25, 0.3) is 65.5 Å². The van der Waals surface area contributed by atoms with E-state index in [9.17, 15) is 0 Å². The van der Waals surface area contributed by atoms with Crippen LogP contribution in [0, 0.1) is 13.8 Å². The third-order valence-electron chi connectivity index (χ3n) is 13.0. The topological polar surface area (TPSA) is 51.8 Å². The molecular weight excluding hydrogens is 743 g/mol. The van der Waals surface area contributed by atoms with Gasteiger partial charge in [0.2, 0.25) is 0 Å². The van der Waals surface area contributed by atoms with Gasteiger partial charge in [-0.15, -0.1) is 0 Å². The molecule has 0 amide bonds. The molecule has 2 atom stereocenters. The van der Waals surface area contributed by atoms with Crippen LogP contribution in [0.5, 0.6) is 0 Å². The molecule has 4 heterocycles. The fraction of sp³-hybridized carbons (Fsp3) is 0.105. The summed E-state index contributed by atoms with van der Waals surface area (Å²) in [7, 11) is 0. The van der Waals surface area contributed by atoms with E-state index < -0.39 is 17.7 Å². The second-order valence-electron chi connectivity index (χ2n) is 16.4. The number of nitrogens with zero attached hydrogens (tertiary/aromatic N) is 3. The summed E-state index contributed by atoms with van der Waals surface area (Å²) in [5, 5.41) is 8.87. The van der Waals surface area contributed by atoms with Gasteiger partial charge in [-0.25, -0.2) is 0 Å². The van der Waals surface area contributed by atoms with Crippen molar-refractivity contribution in [2.75, 3.05) is 0 Å². The Kier molecular flexibility index (Phi) is 7.72. The van der Waals surface area contributed by atoms with E-state index in [0.29, 0.717) is 28.2 Å². The average Bonchev–Trinajstić information content (AvgIpc) is 3.72. The van der Waals surface area contributed by atoms with E-state index in [2.05, 4.69) is 110 Å². The summed E-state index contributed by atoms with van der Waals surface area (Å²) in [6, 6.07) is 60.2. The van der Waals surface area contributed by atoms with Gasteiger partial charge in [-0.3, -0.25) is 15.0 Å². The van der Waals surface area contributed by atoms with Crippen LogP contribution in [-0.4, -0.2) is 15.0 Å². The SMILES string of the molecule is [2H]C([2H])([2H])c1c(C)cc(-c2cc(C(C)(c3ccccc3)c3ccccn3)cc3c2oc2ccc4c5ccccc5c5ccccc5c4c23)nc1C(C)(c1ccccc1)c1ccccn1. The van der Waals surface area contributed by atoms with Crippen molar-refractivity contribution in [1.29, 1.82) is 0 Å². The van der Waals surface area contributed by atoms with E-state index in [-0.39, 0.29) is 5.56 Å². The van der Waals surface area contributed by atoms with E-state index in [1.165, 1.54) is 16.2 Å². The lowest BCUT2D eigenvalue weighted by molar-refractivity contribution is 0.635. The molecule has 0 spiro atoms.